The molecule has 6 nitrogen and oxygen atoms in total. The van der Waals surface area contributed by atoms with Gasteiger partial charge in [-0.2, -0.15) is 0 Å². The first-order valence-electron chi connectivity index (χ1n) is 9.16. The molecule has 28 heavy (non-hydrogen) atoms. The molecular formula is C21H22N2O4S. The summed E-state index contributed by atoms with van der Waals surface area (Å²) in [4.78, 5) is 19.8. The summed E-state index contributed by atoms with van der Waals surface area (Å²) in [6, 6.07) is 11.5. The van der Waals surface area contributed by atoms with Gasteiger partial charge in [0.25, 0.3) is 0 Å². The van der Waals surface area contributed by atoms with Crippen molar-refractivity contribution in [1.29, 1.82) is 0 Å². The number of hydrogen-bond acceptors (Lipinski definition) is 7. The molecule has 0 amide bonds. The predicted molar refractivity (Wildman–Crippen MR) is 110 cm³/mol. The molecule has 1 aliphatic rings. The summed E-state index contributed by atoms with van der Waals surface area (Å²) < 4.78 is 17.1. The molecule has 0 aliphatic carbocycles. The van der Waals surface area contributed by atoms with Crippen molar-refractivity contribution in [2.45, 2.75) is 6.42 Å². The molecule has 4 rings (SSSR count). The van der Waals surface area contributed by atoms with Gasteiger partial charge in [0.05, 0.1) is 37.8 Å². The number of fused-ring (bicyclic) bond motifs is 1. The number of rotatable bonds is 6. The van der Waals surface area contributed by atoms with Gasteiger partial charge in [-0.15, -0.1) is 11.3 Å². The highest BCUT2D eigenvalue weighted by atomic mass is 32.1. The topological polar surface area (TPSA) is 60.9 Å². The van der Waals surface area contributed by atoms with Crippen molar-refractivity contribution in [1.82, 2.24) is 4.98 Å². The minimum absolute atomic E-state index is 0.00125. The summed E-state index contributed by atoms with van der Waals surface area (Å²) in [6.45, 7) is 3.06. The second-order valence-electron chi connectivity index (χ2n) is 6.53. The lowest BCUT2D eigenvalue weighted by Crippen LogP contribution is -2.36. The quantitative estimate of drug-likeness (QED) is 0.592. The maximum atomic E-state index is 12.9. The monoisotopic (exact) mass is 398 g/mol. The second kappa shape index (κ2) is 8.16. The number of thiazole rings is 1. The average molecular weight is 398 g/mol. The zero-order valence-electron chi connectivity index (χ0n) is 15.9. The number of aromatic nitrogens is 1. The molecule has 1 aromatic heterocycles. The van der Waals surface area contributed by atoms with E-state index in [0.717, 1.165) is 40.3 Å². The van der Waals surface area contributed by atoms with E-state index >= 15 is 0 Å². The fourth-order valence-electron chi connectivity index (χ4n) is 3.31. The highest BCUT2D eigenvalue weighted by molar-refractivity contribution is 7.21. The summed E-state index contributed by atoms with van der Waals surface area (Å²) in [6.07, 6.45) is 0.305. The van der Waals surface area contributed by atoms with Gasteiger partial charge in [-0.3, -0.25) is 4.79 Å². The Labute approximate surface area is 167 Å². The van der Waals surface area contributed by atoms with Crippen LogP contribution in [0.4, 0.5) is 5.69 Å². The Morgan fingerprint density at radius 2 is 1.86 bits per heavy atom. The van der Waals surface area contributed by atoms with Crippen LogP contribution in [0.5, 0.6) is 11.5 Å². The minimum Gasteiger partial charge on any atom is -0.497 e. The molecule has 0 bridgehead atoms. The molecule has 1 saturated heterocycles. The highest BCUT2D eigenvalue weighted by Crippen LogP contribution is 2.38. The Balaban J connectivity index is 1.65. The molecule has 3 aromatic rings. The molecule has 2 heterocycles. The number of Topliss-reactive ketones (excluding diaryl/α,β-unsaturated/α-hetero) is 1. The first kappa shape index (κ1) is 18.7. The third-order valence-electron chi connectivity index (χ3n) is 4.82. The van der Waals surface area contributed by atoms with Crippen LogP contribution in [-0.4, -0.2) is 51.3 Å². The number of hydrogen-bond donors (Lipinski definition) is 0. The van der Waals surface area contributed by atoms with E-state index in [4.69, 9.17) is 14.2 Å². The number of ether oxygens (including phenoxy) is 3. The van der Waals surface area contributed by atoms with Crippen molar-refractivity contribution in [3.8, 4) is 11.5 Å². The van der Waals surface area contributed by atoms with Crippen LogP contribution in [0.1, 0.15) is 15.4 Å². The lowest BCUT2D eigenvalue weighted by molar-refractivity contribution is 0.0992. The Kier molecular flexibility index (Phi) is 5.45. The molecule has 0 spiro atoms. The third kappa shape index (κ3) is 3.68. The van der Waals surface area contributed by atoms with Gasteiger partial charge in [-0.1, -0.05) is 12.1 Å². The number of carbonyl (C=O) groups excluding carboxylic acids is 1. The summed E-state index contributed by atoms with van der Waals surface area (Å²) in [5, 5.41) is 0.504. The Morgan fingerprint density at radius 3 is 2.54 bits per heavy atom. The van der Waals surface area contributed by atoms with Gasteiger partial charge in [0.15, 0.2) is 10.8 Å². The Morgan fingerprint density at radius 1 is 1.11 bits per heavy atom. The van der Waals surface area contributed by atoms with E-state index in [-0.39, 0.29) is 5.78 Å². The Hall–Kier alpha value is -2.64. The van der Waals surface area contributed by atoms with Crippen molar-refractivity contribution >= 4 is 33.0 Å². The van der Waals surface area contributed by atoms with Gasteiger partial charge in [0.2, 0.25) is 0 Å². The van der Waals surface area contributed by atoms with E-state index in [9.17, 15) is 4.79 Å². The first-order chi connectivity index (χ1) is 13.7. The normalized spacial score (nSPS) is 14.3. The summed E-state index contributed by atoms with van der Waals surface area (Å²) in [5.41, 5.74) is 2.76. The lowest BCUT2D eigenvalue weighted by Gasteiger charge is -2.29. The van der Waals surface area contributed by atoms with Crippen LogP contribution >= 0.6 is 11.3 Å². The fourth-order valence-corrected chi connectivity index (χ4v) is 4.37. The Bertz CT molecular complexity index is 978. The molecule has 0 atom stereocenters. The molecule has 146 valence electrons. The third-order valence-corrected chi connectivity index (χ3v) is 5.94. The summed E-state index contributed by atoms with van der Waals surface area (Å²) in [7, 11) is 3.25. The molecule has 0 saturated carbocycles. The molecule has 1 aliphatic heterocycles. The number of benzene rings is 2. The molecule has 0 unspecified atom stereocenters. The average Bonchev–Trinajstić information content (AvgIpc) is 3.20. The van der Waals surface area contributed by atoms with Crippen molar-refractivity contribution in [3.63, 3.8) is 0 Å². The molecule has 7 heteroatoms. The van der Waals surface area contributed by atoms with Gasteiger partial charge in [0.1, 0.15) is 17.0 Å². The molecule has 0 radical (unpaired) electrons. The van der Waals surface area contributed by atoms with E-state index in [2.05, 4.69) is 9.88 Å². The van der Waals surface area contributed by atoms with Gasteiger partial charge >= 0.3 is 0 Å². The molecule has 1 fully saturated rings. The SMILES string of the molecule is COc1ccc(CC(=O)c2nc3c(OC)ccc(N4CCOCC4)c3s2)cc1. The van der Waals surface area contributed by atoms with Crippen LogP contribution in [-0.2, 0) is 11.2 Å². The number of methoxy groups -OCH3 is 2. The number of ketones is 1. The van der Waals surface area contributed by atoms with Gasteiger partial charge < -0.3 is 19.1 Å². The van der Waals surface area contributed by atoms with Crippen molar-refractivity contribution in [2.75, 3.05) is 45.4 Å². The lowest BCUT2D eigenvalue weighted by atomic mass is 10.1. The minimum atomic E-state index is 0.00125. The van der Waals surface area contributed by atoms with Crippen LogP contribution in [0.15, 0.2) is 36.4 Å². The summed E-state index contributed by atoms with van der Waals surface area (Å²) in [5.74, 6) is 1.46. The highest BCUT2D eigenvalue weighted by Gasteiger charge is 2.21. The van der Waals surface area contributed by atoms with Gasteiger partial charge in [-0.05, 0) is 29.8 Å². The largest absolute Gasteiger partial charge is 0.497 e. The second-order valence-corrected chi connectivity index (χ2v) is 7.53. The molecular weight excluding hydrogens is 376 g/mol. The molecule has 2 aromatic carbocycles. The van der Waals surface area contributed by atoms with Gasteiger partial charge in [0, 0.05) is 19.5 Å². The van der Waals surface area contributed by atoms with E-state index < -0.39 is 0 Å². The number of anilines is 1. The summed E-state index contributed by atoms with van der Waals surface area (Å²) >= 11 is 1.43. The van der Waals surface area contributed by atoms with Crippen molar-refractivity contribution < 1.29 is 19.0 Å². The van der Waals surface area contributed by atoms with Crippen LogP contribution < -0.4 is 14.4 Å². The van der Waals surface area contributed by atoms with Crippen LogP contribution in [0.3, 0.4) is 0 Å². The fraction of sp³-hybridized carbons (Fsp3) is 0.333. The van der Waals surface area contributed by atoms with Crippen molar-refractivity contribution in [2.24, 2.45) is 0 Å². The number of morpholine rings is 1. The van der Waals surface area contributed by atoms with Crippen LogP contribution in [0.25, 0.3) is 10.2 Å². The van der Waals surface area contributed by atoms with Crippen LogP contribution in [0, 0.1) is 0 Å². The number of carbonyl (C=O) groups is 1. The smallest absolute Gasteiger partial charge is 0.195 e. The maximum absolute atomic E-state index is 12.9. The number of nitrogens with zero attached hydrogens (tertiary/aromatic N) is 2. The van der Waals surface area contributed by atoms with E-state index in [1.54, 1.807) is 14.2 Å². The van der Waals surface area contributed by atoms with E-state index in [0.29, 0.717) is 30.4 Å². The van der Waals surface area contributed by atoms with Crippen molar-refractivity contribution in [3.05, 3.63) is 47.0 Å². The zero-order valence-corrected chi connectivity index (χ0v) is 16.8. The van der Waals surface area contributed by atoms with E-state index in [1.807, 2.05) is 36.4 Å². The maximum Gasteiger partial charge on any atom is 0.195 e. The first-order valence-corrected chi connectivity index (χ1v) is 9.97. The zero-order chi connectivity index (χ0) is 19.5. The van der Waals surface area contributed by atoms with Gasteiger partial charge in [-0.25, -0.2) is 4.98 Å². The molecule has 0 N–H and O–H groups in total. The van der Waals surface area contributed by atoms with E-state index in [1.165, 1.54) is 11.3 Å². The standard InChI is InChI=1S/C21H22N2O4S/c1-25-15-5-3-14(4-6-15)13-17(24)21-22-19-18(26-2)8-7-16(20(19)28-21)23-9-11-27-12-10-23/h3-8H,9-13H2,1-2H3. The van der Waals surface area contributed by atoms with Crippen LogP contribution in [0.2, 0.25) is 0 Å². The predicted octanol–water partition coefficient (Wildman–Crippen LogP) is 3.58.